The lowest BCUT2D eigenvalue weighted by Gasteiger charge is -2.10. The van der Waals surface area contributed by atoms with Crippen LogP contribution in [0.15, 0.2) is 16.2 Å². The van der Waals surface area contributed by atoms with Crippen LogP contribution in [0.2, 0.25) is 0 Å². The van der Waals surface area contributed by atoms with Gasteiger partial charge in [0.2, 0.25) is 13.5 Å². The van der Waals surface area contributed by atoms with E-state index >= 15 is 0 Å². The van der Waals surface area contributed by atoms with Crippen molar-refractivity contribution in [3.63, 3.8) is 0 Å². The molecule has 2 nitrogen and oxygen atoms in total. The van der Waals surface area contributed by atoms with Crippen molar-refractivity contribution in [2.45, 2.75) is 32.4 Å². The third-order valence-corrected chi connectivity index (χ3v) is 4.09. The number of unbranched alkanes of at least 4 members (excludes halogenated alkanes) is 1. The molecular formula is C12H13BF3NOS. The van der Waals surface area contributed by atoms with Crippen LogP contribution in [0, 0.1) is 0 Å². The molecule has 0 aliphatic heterocycles. The second-order valence-corrected chi connectivity index (χ2v) is 5.40. The van der Waals surface area contributed by atoms with Gasteiger partial charge in [-0.3, -0.25) is 4.79 Å². The summed E-state index contributed by atoms with van der Waals surface area (Å²) in [4.78, 5) is 12.1. The maximum absolute atomic E-state index is 12.8. The molecule has 2 heterocycles. The van der Waals surface area contributed by atoms with E-state index in [1.54, 1.807) is 6.07 Å². The normalized spacial score (nSPS) is 12.2. The number of thiophene rings is 1. The average Bonchev–Trinajstić information content (AvgIpc) is 2.75. The lowest BCUT2D eigenvalue weighted by molar-refractivity contribution is -0.136. The molecule has 2 rings (SSSR count). The van der Waals surface area contributed by atoms with Gasteiger partial charge < -0.3 is 4.48 Å². The first-order valence-corrected chi connectivity index (χ1v) is 6.91. The van der Waals surface area contributed by atoms with Crippen LogP contribution in [0.1, 0.15) is 31.0 Å². The predicted molar refractivity (Wildman–Crippen MR) is 73.6 cm³/mol. The van der Waals surface area contributed by atoms with Crippen LogP contribution in [-0.2, 0) is 12.6 Å². The Hall–Kier alpha value is -1.24. The van der Waals surface area contributed by atoms with Crippen LogP contribution < -0.4 is 5.56 Å². The highest BCUT2D eigenvalue weighted by atomic mass is 32.1. The molecule has 0 saturated heterocycles. The largest absolute Gasteiger partial charge is 0.418 e. The van der Waals surface area contributed by atoms with E-state index in [2.05, 4.69) is 0 Å². The van der Waals surface area contributed by atoms with Crippen LogP contribution in [0.4, 0.5) is 13.2 Å². The van der Waals surface area contributed by atoms with E-state index in [4.69, 9.17) is 0 Å². The number of nitrogens with zero attached hydrogens (tertiary/aromatic N) is 1. The van der Waals surface area contributed by atoms with E-state index in [1.807, 2.05) is 6.92 Å². The number of alkyl halides is 3. The van der Waals surface area contributed by atoms with Crippen molar-refractivity contribution in [3.8, 4) is 0 Å². The van der Waals surface area contributed by atoms with Gasteiger partial charge >= 0.3 is 6.18 Å². The van der Waals surface area contributed by atoms with Crippen LogP contribution in [0.3, 0.4) is 0 Å². The van der Waals surface area contributed by atoms with Crippen LogP contribution in [0.25, 0.3) is 10.1 Å². The molecule has 0 aliphatic rings. The molecule has 0 bridgehead atoms. The van der Waals surface area contributed by atoms with Gasteiger partial charge in [0, 0.05) is 15.8 Å². The number of pyridine rings is 1. The Morgan fingerprint density at radius 3 is 2.68 bits per heavy atom. The summed E-state index contributed by atoms with van der Waals surface area (Å²) >= 11 is 0.978. The number of aromatic nitrogens is 1. The molecule has 0 unspecified atom stereocenters. The van der Waals surface area contributed by atoms with E-state index in [-0.39, 0.29) is 5.39 Å². The Morgan fingerprint density at radius 1 is 1.42 bits per heavy atom. The second-order valence-electron chi connectivity index (χ2n) is 4.49. The monoisotopic (exact) mass is 287 g/mol. The summed E-state index contributed by atoms with van der Waals surface area (Å²) in [5, 5.41) is 0.815. The third kappa shape index (κ3) is 2.56. The molecule has 0 amide bonds. The van der Waals surface area contributed by atoms with Gasteiger partial charge in [-0.2, -0.15) is 13.2 Å². The van der Waals surface area contributed by atoms with E-state index in [1.165, 1.54) is 12.5 Å². The Balaban J connectivity index is 2.66. The minimum absolute atomic E-state index is 0.208. The minimum Gasteiger partial charge on any atom is -0.364 e. The zero-order valence-electron chi connectivity index (χ0n) is 10.7. The van der Waals surface area contributed by atoms with E-state index in [0.717, 1.165) is 35.3 Å². The molecule has 7 heteroatoms. The molecule has 0 fully saturated rings. The standard InChI is InChI=1S/C12H13BF3NOS/c1-2-3-4-7-5-9-10(11(18)17(7)13)8(6-19-9)12(14,15)16/h5-6H,2-4,13H2,1H3. The molecule has 0 atom stereocenters. The summed E-state index contributed by atoms with van der Waals surface area (Å²) in [6.45, 7) is 2.03. The van der Waals surface area contributed by atoms with Crippen LogP contribution >= 0.6 is 11.3 Å². The number of fused-ring (bicyclic) bond motifs is 1. The molecule has 0 aromatic carbocycles. The van der Waals surface area contributed by atoms with Crippen LogP contribution in [0.5, 0.6) is 0 Å². The lowest BCUT2D eigenvalue weighted by Crippen LogP contribution is -2.23. The van der Waals surface area contributed by atoms with Gasteiger partial charge in [0.25, 0.3) is 0 Å². The highest BCUT2D eigenvalue weighted by Crippen LogP contribution is 2.37. The molecule has 0 spiro atoms. The van der Waals surface area contributed by atoms with Crippen LogP contribution in [-0.4, -0.2) is 12.5 Å². The van der Waals surface area contributed by atoms with Gasteiger partial charge in [0.15, 0.2) is 0 Å². The van der Waals surface area contributed by atoms with Crippen molar-refractivity contribution in [3.05, 3.63) is 33.1 Å². The average molecular weight is 287 g/mol. The molecule has 0 aliphatic carbocycles. The van der Waals surface area contributed by atoms with Gasteiger partial charge in [-0.05, 0) is 18.9 Å². The first kappa shape index (κ1) is 14.2. The Labute approximate surface area is 113 Å². The van der Waals surface area contributed by atoms with Crippen molar-refractivity contribution in [2.24, 2.45) is 0 Å². The third-order valence-electron chi connectivity index (χ3n) is 3.16. The van der Waals surface area contributed by atoms with Gasteiger partial charge in [-0.1, -0.05) is 13.3 Å². The zero-order chi connectivity index (χ0) is 14.2. The summed E-state index contributed by atoms with van der Waals surface area (Å²) in [6.07, 6.45) is -1.88. The van der Waals surface area contributed by atoms with Gasteiger partial charge in [0.1, 0.15) is 0 Å². The summed E-state index contributed by atoms with van der Waals surface area (Å²) in [6, 6.07) is 1.70. The highest BCUT2D eigenvalue weighted by Gasteiger charge is 2.35. The molecular weight excluding hydrogens is 274 g/mol. The fourth-order valence-corrected chi connectivity index (χ4v) is 3.07. The minimum atomic E-state index is -4.48. The predicted octanol–water partition coefficient (Wildman–Crippen LogP) is 2.82. The summed E-state index contributed by atoms with van der Waals surface area (Å²) in [5.41, 5.74) is -0.595. The maximum atomic E-state index is 12.8. The first-order valence-electron chi connectivity index (χ1n) is 6.03. The highest BCUT2D eigenvalue weighted by molar-refractivity contribution is 7.17. The fraction of sp³-hybridized carbons (Fsp3) is 0.417. The molecule has 2 aromatic rings. The number of hydrogen-bond donors (Lipinski definition) is 0. The van der Waals surface area contributed by atoms with Crippen molar-refractivity contribution in [1.82, 2.24) is 4.48 Å². The van der Waals surface area contributed by atoms with Crippen molar-refractivity contribution < 1.29 is 13.2 Å². The Morgan fingerprint density at radius 2 is 2.11 bits per heavy atom. The SMILES string of the molecule is Bn1c(CCCC)cc2scc(C(F)(F)F)c2c1=O. The second kappa shape index (κ2) is 5.04. The molecule has 19 heavy (non-hydrogen) atoms. The van der Waals surface area contributed by atoms with Gasteiger partial charge in [-0.15, -0.1) is 11.3 Å². The summed E-state index contributed by atoms with van der Waals surface area (Å²) in [7, 11) is 1.53. The Bertz CT molecular complexity index is 659. The fourth-order valence-electron chi connectivity index (χ4n) is 2.05. The van der Waals surface area contributed by atoms with Gasteiger partial charge in [-0.25, -0.2) is 0 Å². The van der Waals surface area contributed by atoms with Gasteiger partial charge in [0.05, 0.1) is 10.9 Å². The molecule has 0 radical (unpaired) electrons. The molecule has 0 saturated carbocycles. The molecule has 0 N–H and O–H groups in total. The maximum Gasteiger partial charge on any atom is 0.418 e. The van der Waals surface area contributed by atoms with Crippen molar-refractivity contribution in [2.75, 3.05) is 0 Å². The number of hydrogen-bond acceptors (Lipinski definition) is 2. The number of aryl methyl sites for hydroxylation is 1. The topological polar surface area (TPSA) is 22.0 Å². The van der Waals surface area contributed by atoms with E-state index < -0.39 is 17.3 Å². The number of rotatable bonds is 3. The zero-order valence-corrected chi connectivity index (χ0v) is 11.5. The first-order chi connectivity index (χ1) is 8.86. The van der Waals surface area contributed by atoms with E-state index in [0.29, 0.717) is 11.1 Å². The summed E-state index contributed by atoms with van der Waals surface area (Å²) < 4.78 is 40.2. The summed E-state index contributed by atoms with van der Waals surface area (Å²) in [5.74, 6) is 0. The lowest BCUT2D eigenvalue weighted by atomic mass is 10.1. The smallest absolute Gasteiger partial charge is 0.364 e. The van der Waals surface area contributed by atoms with Crippen molar-refractivity contribution in [1.29, 1.82) is 0 Å². The molecule has 2 aromatic heterocycles. The molecule has 102 valence electrons. The Kier molecular flexibility index (Phi) is 3.76. The van der Waals surface area contributed by atoms with E-state index in [9.17, 15) is 18.0 Å². The quantitative estimate of drug-likeness (QED) is 0.796. The van der Waals surface area contributed by atoms with Crippen molar-refractivity contribution >= 4 is 29.4 Å². The number of halogens is 3.